The molecule has 2 heterocycles. The molecule has 0 unspecified atom stereocenters. The third-order valence-electron chi connectivity index (χ3n) is 2.48. The molecule has 17 heavy (non-hydrogen) atoms. The van der Waals surface area contributed by atoms with Crippen LogP contribution in [-0.2, 0) is 6.42 Å². The summed E-state index contributed by atoms with van der Waals surface area (Å²) in [4.78, 5) is 19.2. The second-order valence-electron chi connectivity index (χ2n) is 3.66. The molecular weight excluding hydrogens is 218 g/mol. The number of pyridine rings is 1. The van der Waals surface area contributed by atoms with Crippen LogP contribution in [0.25, 0.3) is 5.69 Å². The fourth-order valence-corrected chi connectivity index (χ4v) is 1.72. The Morgan fingerprint density at radius 3 is 3.00 bits per heavy atom. The molecule has 1 N–H and O–H groups in total. The number of aryl methyl sites for hydroxylation is 1. The summed E-state index contributed by atoms with van der Waals surface area (Å²) in [7, 11) is 0. The third kappa shape index (κ3) is 2.18. The van der Waals surface area contributed by atoms with Gasteiger partial charge in [0.25, 0.3) is 0 Å². The Morgan fingerprint density at radius 2 is 2.29 bits per heavy atom. The van der Waals surface area contributed by atoms with Gasteiger partial charge in [-0.05, 0) is 12.5 Å². The Balaban J connectivity index is 2.52. The van der Waals surface area contributed by atoms with Crippen molar-refractivity contribution in [2.75, 3.05) is 0 Å². The maximum absolute atomic E-state index is 11.1. The molecule has 2 aromatic heterocycles. The van der Waals surface area contributed by atoms with Gasteiger partial charge in [0, 0.05) is 31.2 Å². The van der Waals surface area contributed by atoms with Crippen LogP contribution in [0.1, 0.15) is 29.5 Å². The van der Waals surface area contributed by atoms with Crippen LogP contribution in [0, 0.1) is 0 Å². The largest absolute Gasteiger partial charge is 0.478 e. The van der Waals surface area contributed by atoms with Gasteiger partial charge in [-0.1, -0.05) is 6.92 Å². The predicted octanol–water partition coefficient (Wildman–Crippen LogP) is 1.92. The molecule has 2 aromatic rings. The number of carbonyl (C=O) groups is 1. The van der Waals surface area contributed by atoms with Gasteiger partial charge in [0.15, 0.2) is 0 Å². The number of nitrogens with zero attached hydrogens (tertiary/aromatic N) is 3. The van der Waals surface area contributed by atoms with E-state index < -0.39 is 5.97 Å². The second kappa shape index (κ2) is 4.78. The van der Waals surface area contributed by atoms with Gasteiger partial charge in [-0.15, -0.1) is 0 Å². The molecule has 0 spiro atoms. The van der Waals surface area contributed by atoms with Crippen LogP contribution in [0.3, 0.4) is 0 Å². The molecule has 0 radical (unpaired) electrons. The Hall–Kier alpha value is -2.17. The fourth-order valence-electron chi connectivity index (χ4n) is 1.72. The average Bonchev–Trinajstić information content (AvgIpc) is 2.77. The normalized spacial score (nSPS) is 10.4. The first-order valence-electron chi connectivity index (χ1n) is 5.44. The second-order valence-corrected chi connectivity index (χ2v) is 3.66. The minimum absolute atomic E-state index is 0.183. The Morgan fingerprint density at radius 1 is 1.47 bits per heavy atom. The molecule has 0 aliphatic heterocycles. The fraction of sp³-hybridized carbons (Fsp3) is 0.250. The molecule has 0 aliphatic rings. The van der Waals surface area contributed by atoms with E-state index in [4.69, 9.17) is 5.11 Å². The van der Waals surface area contributed by atoms with Crippen LogP contribution in [0.2, 0.25) is 0 Å². The summed E-state index contributed by atoms with van der Waals surface area (Å²) >= 11 is 0. The highest BCUT2D eigenvalue weighted by atomic mass is 16.4. The van der Waals surface area contributed by atoms with Crippen LogP contribution >= 0.6 is 0 Å². The molecule has 0 atom stereocenters. The first-order chi connectivity index (χ1) is 8.24. The number of carboxylic acids is 1. The summed E-state index contributed by atoms with van der Waals surface area (Å²) in [6.07, 6.45) is 8.16. The molecule has 0 amide bonds. The zero-order valence-electron chi connectivity index (χ0n) is 9.50. The molecule has 0 saturated carbocycles. The summed E-state index contributed by atoms with van der Waals surface area (Å²) in [6.45, 7) is 2.06. The predicted molar refractivity (Wildman–Crippen MR) is 62.3 cm³/mol. The number of hydrogen-bond acceptors (Lipinski definition) is 3. The smallest absolute Gasteiger partial charge is 0.339 e. The van der Waals surface area contributed by atoms with Crippen LogP contribution in [0.15, 0.2) is 30.9 Å². The van der Waals surface area contributed by atoms with Gasteiger partial charge in [0.05, 0.1) is 5.69 Å². The van der Waals surface area contributed by atoms with E-state index in [-0.39, 0.29) is 5.56 Å². The average molecular weight is 231 g/mol. The van der Waals surface area contributed by atoms with Gasteiger partial charge < -0.3 is 9.67 Å². The molecule has 2 rings (SSSR count). The van der Waals surface area contributed by atoms with E-state index in [0.29, 0.717) is 5.69 Å². The van der Waals surface area contributed by atoms with Crippen molar-refractivity contribution < 1.29 is 9.90 Å². The van der Waals surface area contributed by atoms with Crippen molar-refractivity contribution in [3.8, 4) is 5.69 Å². The Labute approximate surface area is 98.8 Å². The zero-order chi connectivity index (χ0) is 12.3. The molecule has 0 aromatic carbocycles. The summed E-state index contributed by atoms with van der Waals surface area (Å²) in [5.41, 5.74) is 0.788. The van der Waals surface area contributed by atoms with Crippen LogP contribution < -0.4 is 0 Å². The third-order valence-corrected chi connectivity index (χ3v) is 2.48. The van der Waals surface area contributed by atoms with Crippen molar-refractivity contribution in [3.63, 3.8) is 0 Å². The highest BCUT2D eigenvalue weighted by Gasteiger charge is 2.13. The van der Waals surface area contributed by atoms with Gasteiger partial charge in [-0.2, -0.15) is 0 Å². The molecule has 0 aliphatic carbocycles. The molecule has 0 saturated heterocycles. The topological polar surface area (TPSA) is 68.0 Å². The van der Waals surface area contributed by atoms with Crippen molar-refractivity contribution in [2.45, 2.75) is 19.8 Å². The zero-order valence-corrected chi connectivity index (χ0v) is 9.50. The first-order valence-corrected chi connectivity index (χ1v) is 5.44. The van der Waals surface area contributed by atoms with Crippen molar-refractivity contribution in [1.82, 2.24) is 14.5 Å². The van der Waals surface area contributed by atoms with Crippen LogP contribution in [-0.4, -0.2) is 25.6 Å². The van der Waals surface area contributed by atoms with E-state index in [2.05, 4.69) is 16.9 Å². The van der Waals surface area contributed by atoms with Crippen molar-refractivity contribution in [1.29, 1.82) is 0 Å². The lowest BCUT2D eigenvalue weighted by Gasteiger charge is -2.09. The van der Waals surface area contributed by atoms with E-state index in [1.54, 1.807) is 29.2 Å². The van der Waals surface area contributed by atoms with Crippen molar-refractivity contribution in [2.24, 2.45) is 0 Å². The van der Waals surface area contributed by atoms with Crippen LogP contribution in [0.4, 0.5) is 0 Å². The minimum Gasteiger partial charge on any atom is -0.478 e. The number of aromatic nitrogens is 3. The minimum atomic E-state index is -0.982. The number of hydrogen-bond donors (Lipinski definition) is 1. The van der Waals surface area contributed by atoms with E-state index in [9.17, 15) is 4.79 Å². The van der Waals surface area contributed by atoms with Gasteiger partial charge in [0.2, 0.25) is 0 Å². The number of aromatic carboxylic acids is 1. The summed E-state index contributed by atoms with van der Waals surface area (Å²) in [5, 5.41) is 9.11. The lowest BCUT2D eigenvalue weighted by atomic mass is 10.2. The van der Waals surface area contributed by atoms with Crippen LogP contribution in [0.5, 0.6) is 0 Å². The standard InChI is InChI=1S/C12H13N3O2/c1-2-3-11-14-6-7-15(11)10-4-5-13-8-9(10)12(16)17/h4-8H,2-3H2,1H3,(H,16,17). The number of carboxylic acid groups (broad SMARTS) is 1. The van der Waals surface area contributed by atoms with E-state index in [1.165, 1.54) is 6.20 Å². The molecule has 5 nitrogen and oxygen atoms in total. The Kier molecular flexibility index (Phi) is 3.18. The maximum Gasteiger partial charge on any atom is 0.339 e. The highest BCUT2D eigenvalue weighted by molar-refractivity contribution is 5.91. The quantitative estimate of drug-likeness (QED) is 0.872. The van der Waals surface area contributed by atoms with Gasteiger partial charge >= 0.3 is 5.97 Å². The number of rotatable bonds is 4. The molecule has 5 heteroatoms. The highest BCUT2D eigenvalue weighted by Crippen LogP contribution is 2.16. The van der Waals surface area contributed by atoms with E-state index in [0.717, 1.165) is 18.7 Å². The van der Waals surface area contributed by atoms with E-state index >= 15 is 0 Å². The monoisotopic (exact) mass is 231 g/mol. The van der Waals surface area contributed by atoms with Gasteiger partial charge in [-0.3, -0.25) is 4.98 Å². The Bertz CT molecular complexity index is 534. The SMILES string of the molecule is CCCc1nccn1-c1ccncc1C(=O)O. The summed E-state index contributed by atoms with van der Waals surface area (Å²) in [5.74, 6) is -0.120. The van der Waals surface area contributed by atoms with Gasteiger partial charge in [-0.25, -0.2) is 9.78 Å². The van der Waals surface area contributed by atoms with Gasteiger partial charge in [0.1, 0.15) is 11.4 Å². The van der Waals surface area contributed by atoms with Crippen molar-refractivity contribution in [3.05, 3.63) is 42.2 Å². The molecule has 0 fully saturated rings. The lowest BCUT2D eigenvalue weighted by molar-refractivity contribution is 0.0696. The molecule has 0 bridgehead atoms. The number of imidazole rings is 1. The lowest BCUT2D eigenvalue weighted by Crippen LogP contribution is -2.08. The first kappa shape index (κ1) is 11.3. The maximum atomic E-state index is 11.1. The summed E-state index contributed by atoms with van der Waals surface area (Å²) < 4.78 is 1.80. The summed E-state index contributed by atoms with van der Waals surface area (Å²) in [6, 6.07) is 1.68. The van der Waals surface area contributed by atoms with E-state index in [1.807, 2.05) is 0 Å². The molecule has 88 valence electrons. The van der Waals surface area contributed by atoms with Crippen molar-refractivity contribution >= 4 is 5.97 Å². The molecular formula is C12H13N3O2.